The Morgan fingerprint density at radius 3 is 3.00 bits per heavy atom. The molecule has 1 unspecified atom stereocenters. The topological polar surface area (TPSA) is 41.6 Å². The van der Waals surface area contributed by atoms with Crippen molar-refractivity contribution < 1.29 is 9.53 Å². The van der Waals surface area contributed by atoms with Crippen molar-refractivity contribution in [3.05, 3.63) is 0 Å². The molecule has 0 aromatic heterocycles. The summed E-state index contributed by atoms with van der Waals surface area (Å²) in [4.78, 5) is 13.1. The highest BCUT2D eigenvalue weighted by Gasteiger charge is 2.15. The Morgan fingerprint density at radius 2 is 2.43 bits per heavy atom. The van der Waals surface area contributed by atoms with E-state index in [1.807, 2.05) is 6.92 Å². The lowest BCUT2D eigenvalue weighted by atomic mass is 10.0. The largest absolute Gasteiger partial charge is 0.381 e. The molecule has 1 rings (SSSR count). The minimum Gasteiger partial charge on any atom is -0.381 e. The zero-order valence-corrected chi connectivity index (χ0v) is 9.08. The Balaban J connectivity index is 2.15. The van der Waals surface area contributed by atoms with E-state index in [9.17, 15) is 4.79 Å². The van der Waals surface area contributed by atoms with Crippen molar-refractivity contribution in [1.82, 2.24) is 10.2 Å². The number of nitrogens with one attached hydrogen (secondary N) is 1. The molecule has 0 aromatic carbocycles. The minimum atomic E-state index is 0.0121. The van der Waals surface area contributed by atoms with Crippen molar-refractivity contribution in [3.63, 3.8) is 0 Å². The minimum absolute atomic E-state index is 0.0121. The molecule has 0 bridgehead atoms. The van der Waals surface area contributed by atoms with E-state index in [1.54, 1.807) is 11.9 Å². The third-order valence-corrected chi connectivity index (χ3v) is 2.62. The molecule has 0 saturated carbocycles. The van der Waals surface area contributed by atoms with Gasteiger partial charge in [0.15, 0.2) is 0 Å². The molecular formula is C10H20N2O2. The molecule has 1 N–H and O–H groups in total. The maximum Gasteiger partial charge on any atom is 0.317 e. The average molecular weight is 200 g/mol. The molecular weight excluding hydrogens is 180 g/mol. The summed E-state index contributed by atoms with van der Waals surface area (Å²) in [6, 6.07) is 0.0121. The van der Waals surface area contributed by atoms with Crippen molar-refractivity contribution in [2.75, 3.05) is 33.4 Å². The fourth-order valence-electron chi connectivity index (χ4n) is 1.48. The van der Waals surface area contributed by atoms with Crippen molar-refractivity contribution in [3.8, 4) is 0 Å². The van der Waals surface area contributed by atoms with E-state index in [0.29, 0.717) is 5.92 Å². The Kier molecular flexibility index (Phi) is 4.73. The van der Waals surface area contributed by atoms with Gasteiger partial charge in [-0.2, -0.15) is 0 Å². The standard InChI is InChI=1S/C10H20N2O2/c1-3-12(2)10(13)11-7-9-5-4-6-14-8-9/h9H,3-8H2,1-2H3,(H,11,13). The lowest BCUT2D eigenvalue weighted by molar-refractivity contribution is 0.0553. The highest BCUT2D eigenvalue weighted by Crippen LogP contribution is 2.12. The van der Waals surface area contributed by atoms with Crippen molar-refractivity contribution in [2.45, 2.75) is 19.8 Å². The normalized spacial score (nSPS) is 21.7. The van der Waals surface area contributed by atoms with Gasteiger partial charge in [0.1, 0.15) is 0 Å². The van der Waals surface area contributed by atoms with Gasteiger partial charge in [0.25, 0.3) is 0 Å². The molecule has 4 heteroatoms. The van der Waals surface area contributed by atoms with Crippen LogP contribution in [0.4, 0.5) is 4.79 Å². The fourth-order valence-corrected chi connectivity index (χ4v) is 1.48. The average Bonchev–Trinajstić information content (AvgIpc) is 2.26. The SMILES string of the molecule is CCN(C)C(=O)NCC1CCCOC1. The van der Waals surface area contributed by atoms with Gasteiger partial charge in [0, 0.05) is 26.7 Å². The second kappa shape index (κ2) is 5.86. The lowest BCUT2D eigenvalue weighted by Crippen LogP contribution is -2.40. The van der Waals surface area contributed by atoms with Gasteiger partial charge in [-0.15, -0.1) is 0 Å². The van der Waals surface area contributed by atoms with Gasteiger partial charge in [-0.05, 0) is 25.7 Å². The fraction of sp³-hybridized carbons (Fsp3) is 0.900. The van der Waals surface area contributed by atoms with Crippen LogP contribution in [0.1, 0.15) is 19.8 Å². The van der Waals surface area contributed by atoms with Crippen LogP contribution in [-0.4, -0.2) is 44.3 Å². The number of hydrogen-bond donors (Lipinski definition) is 1. The summed E-state index contributed by atoms with van der Waals surface area (Å²) in [6.07, 6.45) is 2.28. The summed E-state index contributed by atoms with van der Waals surface area (Å²) in [5, 5.41) is 2.91. The molecule has 1 fully saturated rings. The number of carbonyl (C=O) groups is 1. The van der Waals surface area contributed by atoms with E-state index in [1.165, 1.54) is 0 Å². The van der Waals surface area contributed by atoms with Crippen molar-refractivity contribution in [2.24, 2.45) is 5.92 Å². The number of carbonyl (C=O) groups excluding carboxylic acids is 1. The number of ether oxygens (including phenoxy) is 1. The van der Waals surface area contributed by atoms with Crippen LogP contribution in [0.25, 0.3) is 0 Å². The van der Waals surface area contributed by atoms with E-state index in [2.05, 4.69) is 5.32 Å². The third kappa shape index (κ3) is 3.54. The number of urea groups is 1. The summed E-state index contributed by atoms with van der Waals surface area (Å²) in [5.74, 6) is 0.498. The van der Waals surface area contributed by atoms with E-state index >= 15 is 0 Å². The maximum atomic E-state index is 11.4. The van der Waals surface area contributed by atoms with Crippen molar-refractivity contribution >= 4 is 6.03 Å². The zero-order chi connectivity index (χ0) is 10.4. The van der Waals surface area contributed by atoms with Gasteiger partial charge in [0.05, 0.1) is 6.61 Å². The summed E-state index contributed by atoms with van der Waals surface area (Å²) < 4.78 is 5.34. The van der Waals surface area contributed by atoms with Gasteiger partial charge in [-0.3, -0.25) is 0 Å². The first-order valence-corrected chi connectivity index (χ1v) is 5.30. The van der Waals surface area contributed by atoms with Crippen LogP contribution in [0.5, 0.6) is 0 Å². The van der Waals surface area contributed by atoms with E-state index in [-0.39, 0.29) is 6.03 Å². The van der Waals surface area contributed by atoms with Gasteiger partial charge >= 0.3 is 6.03 Å². The highest BCUT2D eigenvalue weighted by molar-refractivity contribution is 5.73. The van der Waals surface area contributed by atoms with Gasteiger partial charge in [-0.1, -0.05) is 0 Å². The van der Waals surface area contributed by atoms with Crippen LogP contribution < -0.4 is 5.32 Å². The summed E-state index contributed by atoms with van der Waals surface area (Å²) >= 11 is 0. The quantitative estimate of drug-likeness (QED) is 0.740. The molecule has 0 spiro atoms. The number of rotatable bonds is 3. The van der Waals surface area contributed by atoms with Crippen molar-refractivity contribution in [1.29, 1.82) is 0 Å². The van der Waals surface area contributed by atoms with Gasteiger partial charge in [-0.25, -0.2) is 4.79 Å². The molecule has 82 valence electrons. The molecule has 1 saturated heterocycles. The first kappa shape index (κ1) is 11.3. The van der Waals surface area contributed by atoms with Crippen LogP contribution >= 0.6 is 0 Å². The predicted octanol–water partition coefficient (Wildman–Crippen LogP) is 1.07. The molecule has 1 aliphatic heterocycles. The van der Waals surface area contributed by atoms with Crippen LogP contribution in [-0.2, 0) is 4.74 Å². The summed E-state index contributed by atoms with van der Waals surface area (Å²) in [5.41, 5.74) is 0. The number of hydrogen-bond acceptors (Lipinski definition) is 2. The number of amides is 2. The number of nitrogens with zero attached hydrogens (tertiary/aromatic N) is 1. The van der Waals surface area contributed by atoms with Gasteiger partial charge in [0.2, 0.25) is 0 Å². The molecule has 0 aromatic rings. The molecule has 0 radical (unpaired) electrons. The first-order chi connectivity index (χ1) is 6.74. The van der Waals surface area contributed by atoms with Gasteiger partial charge < -0.3 is 15.0 Å². The molecule has 1 atom stereocenters. The first-order valence-electron chi connectivity index (χ1n) is 5.30. The van der Waals surface area contributed by atoms with Crippen LogP contribution in [0.15, 0.2) is 0 Å². The molecule has 4 nitrogen and oxygen atoms in total. The third-order valence-electron chi connectivity index (χ3n) is 2.62. The Labute approximate surface area is 85.6 Å². The second-order valence-corrected chi connectivity index (χ2v) is 3.78. The Morgan fingerprint density at radius 1 is 1.64 bits per heavy atom. The summed E-state index contributed by atoms with van der Waals surface area (Å²) in [6.45, 7) is 5.11. The molecule has 0 aliphatic carbocycles. The Hall–Kier alpha value is -0.770. The summed E-state index contributed by atoms with van der Waals surface area (Å²) in [7, 11) is 1.80. The smallest absolute Gasteiger partial charge is 0.317 e. The lowest BCUT2D eigenvalue weighted by Gasteiger charge is -2.23. The molecule has 2 amide bonds. The molecule has 1 heterocycles. The van der Waals surface area contributed by atoms with E-state index < -0.39 is 0 Å². The monoisotopic (exact) mass is 200 g/mol. The molecule has 14 heavy (non-hydrogen) atoms. The maximum absolute atomic E-state index is 11.4. The van der Waals surface area contributed by atoms with Crippen LogP contribution in [0.2, 0.25) is 0 Å². The molecule has 1 aliphatic rings. The second-order valence-electron chi connectivity index (χ2n) is 3.78. The highest BCUT2D eigenvalue weighted by atomic mass is 16.5. The van der Waals surface area contributed by atoms with Crippen LogP contribution in [0.3, 0.4) is 0 Å². The zero-order valence-electron chi connectivity index (χ0n) is 9.08. The Bertz CT molecular complexity index is 179. The van der Waals surface area contributed by atoms with E-state index in [4.69, 9.17) is 4.74 Å². The van der Waals surface area contributed by atoms with Crippen LogP contribution in [0, 0.1) is 5.92 Å². The van der Waals surface area contributed by atoms with E-state index in [0.717, 1.165) is 39.1 Å². The predicted molar refractivity (Wildman–Crippen MR) is 55.2 cm³/mol.